The van der Waals surface area contributed by atoms with Gasteiger partial charge in [0.05, 0.1) is 5.56 Å². The van der Waals surface area contributed by atoms with Gasteiger partial charge >= 0.3 is 0 Å². The molecule has 2 fully saturated rings. The van der Waals surface area contributed by atoms with E-state index in [0.717, 1.165) is 31.0 Å². The number of nitrogens with one attached hydrogen (secondary N) is 1. The van der Waals surface area contributed by atoms with Gasteiger partial charge in [0.2, 0.25) is 0 Å². The van der Waals surface area contributed by atoms with E-state index < -0.39 is 11.6 Å². The van der Waals surface area contributed by atoms with Crippen LogP contribution in [0, 0.1) is 17.6 Å². The minimum absolute atomic E-state index is 0.106. The van der Waals surface area contributed by atoms with Gasteiger partial charge in [-0.1, -0.05) is 0 Å². The first-order valence-electron chi connectivity index (χ1n) is 6.86. The predicted octanol–water partition coefficient (Wildman–Crippen LogP) is 3.07. The lowest BCUT2D eigenvalue weighted by molar-refractivity contribution is 0.0941. The molecule has 102 valence electrons. The molecule has 2 aliphatic heterocycles. The van der Waals surface area contributed by atoms with Crippen molar-refractivity contribution < 1.29 is 13.6 Å². The average Bonchev–Trinajstić information content (AvgIpc) is 2.71. The van der Waals surface area contributed by atoms with E-state index in [-0.39, 0.29) is 11.3 Å². The van der Waals surface area contributed by atoms with Crippen molar-refractivity contribution in [3.63, 3.8) is 0 Å². The Kier molecular flexibility index (Phi) is 3.35. The number of halogens is 2. The standard InChI is InChI=1S/C15H17F2NO/c16-10-1-4-14(17)13(8-10)15(19)7-9-5-11-2-3-12(6-9)18-11/h1,4,8-9,11-12,18H,2-3,5-7H2. The molecule has 19 heavy (non-hydrogen) atoms. The van der Waals surface area contributed by atoms with E-state index in [4.69, 9.17) is 0 Å². The molecule has 1 aromatic carbocycles. The molecule has 4 heteroatoms. The summed E-state index contributed by atoms with van der Waals surface area (Å²) >= 11 is 0. The highest BCUT2D eigenvalue weighted by Crippen LogP contribution is 2.33. The second-order valence-corrected chi connectivity index (χ2v) is 5.73. The fraction of sp³-hybridized carbons (Fsp3) is 0.533. The van der Waals surface area contributed by atoms with Gasteiger partial charge in [-0.05, 0) is 49.8 Å². The maximum absolute atomic E-state index is 13.5. The number of rotatable bonds is 3. The topological polar surface area (TPSA) is 29.1 Å². The summed E-state index contributed by atoms with van der Waals surface area (Å²) in [5.41, 5.74) is -0.106. The fourth-order valence-electron chi connectivity index (χ4n) is 3.43. The van der Waals surface area contributed by atoms with E-state index in [0.29, 0.717) is 24.4 Å². The lowest BCUT2D eigenvalue weighted by Crippen LogP contribution is -2.38. The molecule has 2 heterocycles. The Labute approximate surface area is 111 Å². The largest absolute Gasteiger partial charge is 0.311 e. The Morgan fingerprint density at radius 2 is 1.89 bits per heavy atom. The molecule has 0 radical (unpaired) electrons. The van der Waals surface area contributed by atoms with Crippen LogP contribution < -0.4 is 5.32 Å². The van der Waals surface area contributed by atoms with Gasteiger partial charge in [0, 0.05) is 18.5 Å². The second-order valence-electron chi connectivity index (χ2n) is 5.73. The van der Waals surface area contributed by atoms with Crippen LogP contribution in [0.2, 0.25) is 0 Å². The predicted molar refractivity (Wildman–Crippen MR) is 68.0 cm³/mol. The molecule has 0 aromatic heterocycles. The summed E-state index contributed by atoms with van der Waals surface area (Å²) in [6.45, 7) is 0. The van der Waals surface area contributed by atoms with Crippen LogP contribution in [0.25, 0.3) is 0 Å². The number of hydrogen-bond acceptors (Lipinski definition) is 2. The zero-order chi connectivity index (χ0) is 13.4. The van der Waals surface area contributed by atoms with Crippen LogP contribution in [0.1, 0.15) is 42.5 Å². The minimum Gasteiger partial charge on any atom is -0.311 e. The van der Waals surface area contributed by atoms with Gasteiger partial charge in [0.1, 0.15) is 11.6 Å². The first-order chi connectivity index (χ1) is 9.11. The molecule has 2 atom stereocenters. The average molecular weight is 265 g/mol. The van der Waals surface area contributed by atoms with Crippen LogP contribution in [-0.4, -0.2) is 17.9 Å². The van der Waals surface area contributed by atoms with Crippen molar-refractivity contribution in [2.24, 2.45) is 5.92 Å². The highest BCUT2D eigenvalue weighted by Gasteiger charge is 2.34. The van der Waals surface area contributed by atoms with Gasteiger partial charge < -0.3 is 5.32 Å². The van der Waals surface area contributed by atoms with Gasteiger partial charge in [-0.15, -0.1) is 0 Å². The molecule has 2 unspecified atom stereocenters. The summed E-state index contributed by atoms with van der Waals surface area (Å²) in [5, 5.41) is 3.51. The van der Waals surface area contributed by atoms with E-state index in [1.165, 1.54) is 12.8 Å². The maximum atomic E-state index is 13.5. The van der Waals surface area contributed by atoms with Crippen LogP contribution in [0.3, 0.4) is 0 Å². The molecule has 3 rings (SSSR count). The maximum Gasteiger partial charge on any atom is 0.166 e. The number of benzene rings is 1. The summed E-state index contributed by atoms with van der Waals surface area (Å²) < 4.78 is 26.6. The lowest BCUT2D eigenvalue weighted by Gasteiger charge is -2.28. The number of fused-ring (bicyclic) bond motifs is 2. The van der Waals surface area contributed by atoms with Crippen molar-refractivity contribution in [2.75, 3.05) is 0 Å². The molecule has 0 amide bonds. The van der Waals surface area contributed by atoms with Gasteiger partial charge in [0.25, 0.3) is 0 Å². The second kappa shape index (κ2) is 5.00. The van der Waals surface area contributed by atoms with Gasteiger partial charge in [-0.3, -0.25) is 4.79 Å². The number of ketones is 1. The van der Waals surface area contributed by atoms with Crippen LogP contribution >= 0.6 is 0 Å². The zero-order valence-corrected chi connectivity index (χ0v) is 10.7. The molecule has 0 aliphatic carbocycles. The Balaban J connectivity index is 1.69. The molecular formula is C15H17F2NO. The van der Waals surface area contributed by atoms with Crippen molar-refractivity contribution in [1.82, 2.24) is 5.32 Å². The van der Waals surface area contributed by atoms with Gasteiger partial charge in [-0.2, -0.15) is 0 Å². The number of piperidine rings is 1. The molecule has 1 aromatic rings. The van der Waals surface area contributed by atoms with E-state index in [9.17, 15) is 13.6 Å². The Morgan fingerprint density at radius 1 is 1.21 bits per heavy atom. The Bertz CT molecular complexity index is 491. The zero-order valence-electron chi connectivity index (χ0n) is 10.7. The van der Waals surface area contributed by atoms with Crippen LogP contribution in [0.4, 0.5) is 8.78 Å². The monoisotopic (exact) mass is 265 g/mol. The van der Waals surface area contributed by atoms with E-state index in [2.05, 4.69) is 5.32 Å². The molecule has 2 saturated heterocycles. The normalized spacial score (nSPS) is 29.5. The summed E-state index contributed by atoms with van der Waals surface area (Å²) in [7, 11) is 0. The first kappa shape index (κ1) is 12.7. The molecule has 2 nitrogen and oxygen atoms in total. The van der Waals surface area contributed by atoms with Crippen LogP contribution in [0.15, 0.2) is 18.2 Å². The quantitative estimate of drug-likeness (QED) is 0.851. The minimum atomic E-state index is -0.622. The third kappa shape index (κ3) is 2.68. The number of hydrogen-bond donors (Lipinski definition) is 1. The summed E-state index contributed by atoms with van der Waals surface area (Å²) in [5.74, 6) is -1.16. The molecule has 0 saturated carbocycles. The van der Waals surface area contributed by atoms with Crippen LogP contribution in [-0.2, 0) is 0 Å². The highest BCUT2D eigenvalue weighted by atomic mass is 19.1. The SMILES string of the molecule is O=C(CC1CC2CCC(C1)N2)c1cc(F)ccc1F. The molecular weight excluding hydrogens is 248 g/mol. The highest BCUT2D eigenvalue weighted by molar-refractivity contribution is 5.96. The lowest BCUT2D eigenvalue weighted by atomic mass is 9.87. The van der Waals surface area contributed by atoms with Crippen molar-refractivity contribution >= 4 is 5.78 Å². The summed E-state index contributed by atoms with van der Waals surface area (Å²) in [6.07, 6.45) is 4.61. The van der Waals surface area contributed by atoms with Crippen molar-refractivity contribution in [3.05, 3.63) is 35.4 Å². The molecule has 2 bridgehead atoms. The van der Waals surface area contributed by atoms with Crippen molar-refractivity contribution in [2.45, 2.75) is 44.2 Å². The van der Waals surface area contributed by atoms with E-state index in [1.54, 1.807) is 0 Å². The molecule has 2 aliphatic rings. The van der Waals surface area contributed by atoms with Crippen molar-refractivity contribution in [1.29, 1.82) is 0 Å². The number of carbonyl (C=O) groups excluding carboxylic acids is 1. The van der Waals surface area contributed by atoms with E-state index in [1.807, 2.05) is 0 Å². The number of carbonyl (C=O) groups is 1. The summed E-state index contributed by atoms with van der Waals surface area (Å²) in [6, 6.07) is 4.08. The smallest absolute Gasteiger partial charge is 0.166 e. The molecule has 1 N–H and O–H groups in total. The Morgan fingerprint density at radius 3 is 2.58 bits per heavy atom. The third-order valence-electron chi connectivity index (χ3n) is 4.27. The third-order valence-corrected chi connectivity index (χ3v) is 4.27. The fourth-order valence-corrected chi connectivity index (χ4v) is 3.43. The van der Waals surface area contributed by atoms with Gasteiger partial charge in [-0.25, -0.2) is 8.78 Å². The number of Topliss-reactive ketones (excluding diaryl/α,β-unsaturated/α-hetero) is 1. The van der Waals surface area contributed by atoms with Crippen molar-refractivity contribution in [3.8, 4) is 0 Å². The Hall–Kier alpha value is -1.29. The van der Waals surface area contributed by atoms with E-state index >= 15 is 0 Å². The summed E-state index contributed by atoms with van der Waals surface area (Å²) in [4.78, 5) is 12.1. The van der Waals surface area contributed by atoms with Gasteiger partial charge in [0.15, 0.2) is 5.78 Å². The van der Waals surface area contributed by atoms with Crippen LogP contribution in [0.5, 0.6) is 0 Å². The molecule has 0 spiro atoms. The first-order valence-corrected chi connectivity index (χ1v) is 6.86.